The number of carbonyl (C=O) groups excluding carboxylic acids is 1. The molecule has 1 heterocycles. The van der Waals surface area contributed by atoms with Gasteiger partial charge in [-0.15, -0.1) is 0 Å². The van der Waals surface area contributed by atoms with Crippen molar-refractivity contribution in [1.82, 2.24) is 15.6 Å². The number of aryl methyl sites for hydroxylation is 1. The number of hydrogen-bond donors (Lipinski definition) is 2. The topological polar surface area (TPSA) is 54.0 Å². The minimum atomic E-state index is -0.0598. The lowest BCUT2D eigenvalue weighted by atomic mass is 10.1. The van der Waals surface area contributed by atoms with Crippen molar-refractivity contribution in [2.24, 2.45) is 5.92 Å². The molecule has 16 heavy (non-hydrogen) atoms. The molecule has 88 valence electrons. The van der Waals surface area contributed by atoms with E-state index in [1.54, 1.807) is 12.3 Å². The molecule has 1 unspecified atom stereocenters. The van der Waals surface area contributed by atoms with Crippen molar-refractivity contribution in [2.75, 3.05) is 20.1 Å². The highest BCUT2D eigenvalue weighted by atomic mass is 16.1. The standard InChI is InChI=1S/C12H19N3O/c1-9(6-13-3)7-15-12(16)11-5-4-10(2)14-8-11/h4-5,8-9,13H,6-7H2,1-3H3,(H,15,16). The Bertz CT molecular complexity index is 335. The van der Waals surface area contributed by atoms with Crippen molar-refractivity contribution < 1.29 is 4.79 Å². The van der Waals surface area contributed by atoms with Crippen molar-refractivity contribution in [1.29, 1.82) is 0 Å². The van der Waals surface area contributed by atoms with Crippen LogP contribution in [0, 0.1) is 12.8 Å². The molecule has 1 atom stereocenters. The summed E-state index contributed by atoms with van der Waals surface area (Å²) in [5.74, 6) is 0.364. The van der Waals surface area contributed by atoms with Crippen LogP contribution in [0.4, 0.5) is 0 Å². The van der Waals surface area contributed by atoms with Gasteiger partial charge in [-0.2, -0.15) is 0 Å². The first-order valence-corrected chi connectivity index (χ1v) is 5.49. The number of hydrogen-bond acceptors (Lipinski definition) is 3. The molecule has 1 aromatic rings. The van der Waals surface area contributed by atoms with Crippen molar-refractivity contribution in [2.45, 2.75) is 13.8 Å². The number of aromatic nitrogens is 1. The number of carbonyl (C=O) groups is 1. The highest BCUT2D eigenvalue weighted by Gasteiger charge is 2.07. The molecular weight excluding hydrogens is 202 g/mol. The third-order valence-corrected chi connectivity index (χ3v) is 2.34. The van der Waals surface area contributed by atoms with Crippen molar-refractivity contribution in [3.05, 3.63) is 29.6 Å². The summed E-state index contributed by atoms with van der Waals surface area (Å²) >= 11 is 0. The fraction of sp³-hybridized carbons (Fsp3) is 0.500. The van der Waals surface area contributed by atoms with E-state index in [2.05, 4.69) is 22.5 Å². The maximum absolute atomic E-state index is 11.7. The Hall–Kier alpha value is -1.42. The van der Waals surface area contributed by atoms with E-state index in [1.165, 1.54) is 0 Å². The van der Waals surface area contributed by atoms with Gasteiger partial charge in [-0.05, 0) is 38.6 Å². The summed E-state index contributed by atoms with van der Waals surface area (Å²) in [5.41, 5.74) is 1.53. The van der Waals surface area contributed by atoms with Crippen molar-refractivity contribution in [3.63, 3.8) is 0 Å². The van der Waals surface area contributed by atoms with Gasteiger partial charge in [-0.1, -0.05) is 6.92 Å². The molecule has 0 radical (unpaired) electrons. The molecule has 4 heteroatoms. The Kier molecular flexibility index (Phi) is 4.92. The number of nitrogens with one attached hydrogen (secondary N) is 2. The van der Waals surface area contributed by atoms with E-state index in [9.17, 15) is 4.79 Å². The van der Waals surface area contributed by atoms with Gasteiger partial charge >= 0.3 is 0 Å². The lowest BCUT2D eigenvalue weighted by molar-refractivity contribution is 0.0948. The third kappa shape index (κ3) is 3.98. The van der Waals surface area contributed by atoms with Crippen LogP contribution in [0.3, 0.4) is 0 Å². The fourth-order valence-electron chi connectivity index (χ4n) is 1.39. The van der Waals surface area contributed by atoms with Gasteiger partial charge in [0.25, 0.3) is 5.91 Å². The SMILES string of the molecule is CNCC(C)CNC(=O)c1ccc(C)nc1. The first kappa shape index (κ1) is 12.6. The quantitative estimate of drug-likeness (QED) is 0.779. The summed E-state index contributed by atoms with van der Waals surface area (Å²) in [6.45, 7) is 5.56. The first-order chi connectivity index (χ1) is 7.63. The number of pyridine rings is 1. The highest BCUT2D eigenvalue weighted by molar-refractivity contribution is 5.93. The summed E-state index contributed by atoms with van der Waals surface area (Å²) in [4.78, 5) is 15.8. The van der Waals surface area contributed by atoms with E-state index < -0.39 is 0 Å². The zero-order valence-electron chi connectivity index (χ0n) is 10.1. The summed E-state index contributed by atoms with van der Waals surface area (Å²) in [7, 11) is 1.90. The summed E-state index contributed by atoms with van der Waals surface area (Å²) in [6, 6.07) is 3.63. The average Bonchev–Trinajstić information content (AvgIpc) is 2.27. The van der Waals surface area contributed by atoms with Crippen LogP contribution in [0.1, 0.15) is 23.0 Å². The van der Waals surface area contributed by atoms with E-state index in [4.69, 9.17) is 0 Å². The molecule has 4 nitrogen and oxygen atoms in total. The molecule has 0 bridgehead atoms. The van der Waals surface area contributed by atoms with Crippen molar-refractivity contribution >= 4 is 5.91 Å². The molecule has 0 saturated carbocycles. The maximum Gasteiger partial charge on any atom is 0.252 e. The Morgan fingerprint density at radius 2 is 2.19 bits per heavy atom. The molecule has 1 aromatic heterocycles. The lowest BCUT2D eigenvalue weighted by Gasteiger charge is -2.11. The average molecular weight is 221 g/mol. The molecule has 1 rings (SSSR count). The maximum atomic E-state index is 11.7. The van der Waals surface area contributed by atoms with Crippen LogP contribution in [-0.2, 0) is 0 Å². The van der Waals surface area contributed by atoms with Crippen LogP contribution in [-0.4, -0.2) is 31.0 Å². The fourth-order valence-corrected chi connectivity index (χ4v) is 1.39. The van der Waals surface area contributed by atoms with Gasteiger partial charge in [0.05, 0.1) is 5.56 Å². The van der Waals surface area contributed by atoms with Gasteiger partial charge in [0, 0.05) is 18.4 Å². The van der Waals surface area contributed by atoms with Gasteiger partial charge < -0.3 is 10.6 Å². The minimum Gasteiger partial charge on any atom is -0.352 e. The van der Waals surface area contributed by atoms with E-state index in [-0.39, 0.29) is 5.91 Å². The zero-order chi connectivity index (χ0) is 12.0. The van der Waals surface area contributed by atoms with Gasteiger partial charge in [-0.3, -0.25) is 9.78 Å². The minimum absolute atomic E-state index is 0.0598. The van der Waals surface area contributed by atoms with Crippen LogP contribution < -0.4 is 10.6 Å². The highest BCUT2D eigenvalue weighted by Crippen LogP contribution is 1.99. The van der Waals surface area contributed by atoms with Crippen LogP contribution >= 0.6 is 0 Å². The smallest absolute Gasteiger partial charge is 0.252 e. The van der Waals surface area contributed by atoms with E-state index >= 15 is 0 Å². The molecule has 0 aliphatic carbocycles. The van der Waals surface area contributed by atoms with Gasteiger partial charge in [0.15, 0.2) is 0 Å². The Morgan fingerprint density at radius 3 is 2.75 bits per heavy atom. The second-order valence-electron chi connectivity index (χ2n) is 4.06. The normalized spacial score (nSPS) is 12.2. The first-order valence-electron chi connectivity index (χ1n) is 5.49. The molecule has 0 aliphatic heterocycles. The molecule has 0 aliphatic rings. The number of rotatable bonds is 5. The number of amides is 1. The molecule has 0 aromatic carbocycles. The molecule has 0 spiro atoms. The molecule has 1 amide bonds. The van der Waals surface area contributed by atoms with E-state index in [0.29, 0.717) is 18.0 Å². The predicted octanol–water partition coefficient (Wildman–Crippen LogP) is 0.975. The lowest BCUT2D eigenvalue weighted by Crippen LogP contribution is -2.32. The monoisotopic (exact) mass is 221 g/mol. The second-order valence-corrected chi connectivity index (χ2v) is 4.06. The molecular formula is C12H19N3O. The van der Waals surface area contributed by atoms with Crippen LogP contribution in [0.15, 0.2) is 18.3 Å². The summed E-state index contributed by atoms with van der Waals surface area (Å²) < 4.78 is 0. The molecule has 0 fully saturated rings. The second kappa shape index (κ2) is 6.23. The van der Waals surface area contributed by atoms with Crippen LogP contribution in [0.5, 0.6) is 0 Å². The Morgan fingerprint density at radius 1 is 1.44 bits per heavy atom. The van der Waals surface area contributed by atoms with Crippen molar-refractivity contribution in [3.8, 4) is 0 Å². The van der Waals surface area contributed by atoms with Gasteiger partial charge in [0.1, 0.15) is 0 Å². The molecule has 2 N–H and O–H groups in total. The number of nitrogens with zero attached hydrogens (tertiary/aromatic N) is 1. The van der Waals surface area contributed by atoms with E-state index in [1.807, 2.05) is 20.0 Å². The van der Waals surface area contributed by atoms with Gasteiger partial charge in [-0.25, -0.2) is 0 Å². The zero-order valence-corrected chi connectivity index (χ0v) is 10.1. The van der Waals surface area contributed by atoms with E-state index in [0.717, 1.165) is 12.2 Å². The van der Waals surface area contributed by atoms with Crippen LogP contribution in [0.2, 0.25) is 0 Å². The Balaban J connectivity index is 2.43. The summed E-state index contributed by atoms with van der Waals surface area (Å²) in [5, 5.41) is 5.96. The van der Waals surface area contributed by atoms with Crippen LogP contribution in [0.25, 0.3) is 0 Å². The third-order valence-electron chi connectivity index (χ3n) is 2.34. The largest absolute Gasteiger partial charge is 0.352 e. The predicted molar refractivity (Wildman–Crippen MR) is 64.4 cm³/mol. The van der Waals surface area contributed by atoms with Gasteiger partial charge in [0.2, 0.25) is 0 Å². The molecule has 0 saturated heterocycles. The summed E-state index contributed by atoms with van der Waals surface area (Å²) in [6.07, 6.45) is 1.60. The Labute approximate surface area is 96.5 Å².